The second kappa shape index (κ2) is 8.66. The number of carbonyl (C=O) groups excluding carboxylic acids is 1. The Balaban J connectivity index is 1.41. The molecule has 0 spiro atoms. The molecule has 1 aromatic heterocycles. The van der Waals surface area contributed by atoms with Crippen LogP contribution in [0.2, 0.25) is 0 Å². The van der Waals surface area contributed by atoms with Gasteiger partial charge in [-0.3, -0.25) is 9.69 Å². The van der Waals surface area contributed by atoms with Crippen LogP contribution in [-0.2, 0) is 4.74 Å². The highest BCUT2D eigenvalue weighted by Gasteiger charge is 2.18. The number of rotatable bonds is 6. The molecule has 0 aromatic carbocycles. The Morgan fingerprint density at radius 2 is 2.09 bits per heavy atom. The number of carbonyl (C=O) groups is 1. The monoisotopic (exact) mass is 335 g/mol. The summed E-state index contributed by atoms with van der Waals surface area (Å²) in [6.07, 6.45) is 6.36. The van der Waals surface area contributed by atoms with Gasteiger partial charge in [-0.2, -0.15) is 0 Å². The SMILES string of the molecule is O=C(NC1CCCC1)c1ccc(SCCN2CCOCC2)nc1. The zero-order valence-electron chi connectivity index (χ0n) is 13.5. The van der Waals surface area contributed by atoms with Gasteiger partial charge in [0.1, 0.15) is 0 Å². The Kier molecular flexibility index (Phi) is 6.30. The maximum Gasteiger partial charge on any atom is 0.253 e. The number of aromatic nitrogens is 1. The van der Waals surface area contributed by atoms with E-state index in [4.69, 9.17) is 4.74 Å². The van der Waals surface area contributed by atoms with Gasteiger partial charge >= 0.3 is 0 Å². The van der Waals surface area contributed by atoms with Crippen LogP contribution in [0.15, 0.2) is 23.4 Å². The number of amides is 1. The van der Waals surface area contributed by atoms with E-state index in [0.717, 1.165) is 56.5 Å². The molecule has 6 heteroatoms. The molecular formula is C17H25N3O2S. The van der Waals surface area contributed by atoms with Gasteiger partial charge in [0.25, 0.3) is 5.91 Å². The minimum Gasteiger partial charge on any atom is -0.379 e. The highest BCUT2D eigenvalue weighted by atomic mass is 32.2. The van der Waals surface area contributed by atoms with Crippen LogP contribution in [0.1, 0.15) is 36.0 Å². The summed E-state index contributed by atoms with van der Waals surface area (Å²) in [5.74, 6) is 1.02. The summed E-state index contributed by atoms with van der Waals surface area (Å²) < 4.78 is 5.35. The van der Waals surface area contributed by atoms with Crippen LogP contribution in [0.3, 0.4) is 0 Å². The van der Waals surface area contributed by atoms with E-state index in [0.29, 0.717) is 11.6 Å². The predicted molar refractivity (Wildman–Crippen MR) is 91.9 cm³/mol. The molecule has 2 aliphatic rings. The topological polar surface area (TPSA) is 54.5 Å². The maximum atomic E-state index is 12.2. The average molecular weight is 335 g/mol. The molecule has 2 fully saturated rings. The van der Waals surface area contributed by atoms with Crippen LogP contribution < -0.4 is 5.32 Å². The first-order chi connectivity index (χ1) is 11.3. The Morgan fingerprint density at radius 3 is 2.78 bits per heavy atom. The third-order valence-corrected chi connectivity index (χ3v) is 5.37. The predicted octanol–water partition coefficient (Wildman–Crippen LogP) is 2.18. The Morgan fingerprint density at radius 1 is 1.30 bits per heavy atom. The van der Waals surface area contributed by atoms with Crippen molar-refractivity contribution in [1.82, 2.24) is 15.2 Å². The maximum absolute atomic E-state index is 12.2. The lowest BCUT2D eigenvalue weighted by Crippen LogP contribution is -2.37. The summed E-state index contributed by atoms with van der Waals surface area (Å²) in [6, 6.07) is 4.19. The number of thioether (sulfide) groups is 1. The fraction of sp³-hybridized carbons (Fsp3) is 0.647. The molecule has 0 bridgehead atoms. The van der Waals surface area contributed by atoms with E-state index in [2.05, 4.69) is 15.2 Å². The quantitative estimate of drug-likeness (QED) is 0.808. The van der Waals surface area contributed by atoms with Crippen molar-refractivity contribution in [2.24, 2.45) is 0 Å². The van der Waals surface area contributed by atoms with Crippen LogP contribution in [0, 0.1) is 0 Å². The van der Waals surface area contributed by atoms with Crippen molar-refractivity contribution in [3.05, 3.63) is 23.9 Å². The summed E-state index contributed by atoms with van der Waals surface area (Å²) in [4.78, 5) is 19.0. The molecule has 0 atom stereocenters. The van der Waals surface area contributed by atoms with Crippen LogP contribution in [0.4, 0.5) is 0 Å². The number of pyridine rings is 1. The highest BCUT2D eigenvalue weighted by molar-refractivity contribution is 7.99. The van der Waals surface area contributed by atoms with Gasteiger partial charge in [-0.15, -0.1) is 11.8 Å². The molecule has 5 nitrogen and oxygen atoms in total. The van der Waals surface area contributed by atoms with Gasteiger partial charge in [0.2, 0.25) is 0 Å². The third-order valence-electron chi connectivity index (χ3n) is 4.45. The van der Waals surface area contributed by atoms with Gasteiger partial charge < -0.3 is 10.1 Å². The molecule has 0 radical (unpaired) electrons. The number of nitrogens with zero attached hydrogens (tertiary/aromatic N) is 2. The summed E-state index contributed by atoms with van der Waals surface area (Å²) in [5, 5.41) is 4.08. The number of hydrogen-bond donors (Lipinski definition) is 1. The second-order valence-electron chi connectivity index (χ2n) is 6.14. The smallest absolute Gasteiger partial charge is 0.253 e. The Bertz CT molecular complexity index is 497. The molecule has 1 saturated heterocycles. The number of ether oxygens (including phenoxy) is 1. The molecular weight excluding hydrogens is 310 g/mol. The van der Waals surface area contributed by atoms with Gasteiger partial charge in [-0.25, -0.2) is 4.98 Å². The summed E-state index contributed by atoms with van der Waals surface area (Å²) in [6.45, 7) is 4.78. The van der Waals surface area contributed by atoms with Crippen molar-refractivity contribution in [1.29, 1.82) is 0 Å². The highest BCUT2D eigenvalue weighted by Crippen LogP contribution is 2.19. The largest absolute Gasteiger partial charge is 0.379 e. The second-order valence-corrected chi connectivity index (χ2v) is 7.26. The first kappa shape index (κ1) is 16.7. The van der Waals surface area contributed by atoms with E-state index >= 15 is 0 Å². The zero-order valence-corrected chi connectivity index (χ0v) is 14.3. The van der Waals surface area contributed by atoms with Crippen molar-refractivity contribution in [2.45, 2.75) is 36.8 Å². The summed E-state index contributed by atoms with van der Waals surface area (Å²) >= 11 is 1.74. The van der Waals surface area contributed by atoms with E-state index < -0.39 is 0 Å². The lowest BCUT2D eigenvalue weighted by molar-refractivity contribution is 0.0410. The molecule has 1 N–H and O–H groups in total. The van der Waals surface area contributed by atoms with Crippen molar-refractivity contribution in [3.63, 3.8) is 0 Å². The molecule has 0 unspecified atom stereocenters. The standard InChI is InChI=1S/C17H25N3O2S/c21-17(19-15-3-1-2-4-15)14-5-6-16(18-13-14)23-12-9-20-7-10-22-11-8-20/h5-6,13,15H,1-4,7-12H2,(H,19,21). The van der Waals surface area contributed by atoms with Gasteiger partial charge in [-0.05, 0) is 25.0 Å². The minimum absolute atomic E-state index is 0.00858. The zero-order chi connectivity index (χ0) is 15.9. The van der Waals surface area contributed by atoms with Crippen molar-refractivity contribution >= 4 is 17.7 Å². The van der Waals surface area contributed by atoms with Crippen molar-refractivity contribution in [3.8, 4) is 0 Å². The Hall–Kier alpha value is -1.11. The van der Waals surface area contributed by atoms with Crippen LogP contribution >= 0.6 is 11.8 Å². The lowest BCUT2D eigenvalue weighted by Gasteiger charge is -2.26. The average Bonchev–Trinajstić information content (AvgIpc) is 3.09. The van der Waals surface area contributed by atoms with E-state index in [-0.39, 0.29) is 5.91 Å². The number of hydrogen-bond acceptors (Lipinski definition) is 5. The van der Waals surface area contributed by atoms with Crippen LogP contribution in [0.25, 0.3) is 0 Å². The molecule has 23 heavy (non-hydrogen) atoms. The molecule has 1 aliphatic carbocycles. The molecule has 3 rings (SSSR count). The van der Waals surface area contributed by atoms with Gasteiger partial charge in [-0.1, -0.05) is 12.8 Å². The first-order valence-electron chi connectivity index (χ1n) is 8.51. The molecule has 1 amide bonds. The number of nitrogens with one attached hydrogen (secondary N) is 1. The Labute approximate surface area is 142 Å². The molecule has 1 aromatic rings. The first-order valence-corrected chi connectivity index (χ1v) is 9.49. The molecule has 1 aliphatic heterocycles. The molecule has 1 saturated carbocycles. The summed E-state index contributed by atoms with van der Waals surface area (Å²) in [7, 11) is 0. The van der Waals surface area contributed by atoms with E-state index in [1.54, 1.807) is 18.0 Å². The molecule has 126 valence electrons. The van der Waals surface area contributed by atoms with E-state index in [1.165, 1.54) is 12.8 Å². The van der Waals surface area contributed by atoms with Crippen molar-refractivity contribution in [2.75, 3.05) is 38.6 Å². The minimum atomic E-state index is 0.00858. The fourth-order valence-corrected chi connectivity index (χ4v) is 3.89. The van der Waals surface area contributed by atoms with E-state index in [1.807, 2.05) is 12.1 Å². The summed E-state index contributed by atoms with van der Waals surface area (Å²) in [5.41, 5.74) is 0.662. The number of morpholine rings is 1. The molecule has 2 heterocycles. The van der Waals surface area contributed by atoms with Gasteiger partial charge in [0.15, 0.2) is 0 Å². The van der Waals surface area contributed by atoms with Crippen LogP contribution in [-0.4, -0.2) is 60.4 Å². The van der Waals surface area contributed by atoms with Gasteiger partial charge in [0.05, 0.1) is 23.8 Å². The fourth-order valence-electron chi connectivity index (χ4n) is 3.04. The third kappa shape index (κ3) is 5.19. The van der Waals surface area contributed by atoms with Crippen molar-refractivity contribution < 1.29 is 9.53 Å². The lowest BCUT2D eigenvalue weighted by atomic mass is 10.2. The van der Waals surface area contributed by atoms with Gasteiger partial charge in [0, 0.05) is 37.6 Å². The normalized spacial score (nSPS) is 19.8. The van der Waals surface area contributed by atoms with E-state index in [9.17, 15) is 4.79 Å². The van der Waals surface area contributed by atoms with Crippen LogP contribution in [0.5, 0.6) is 0 Å².